The highest BCUT2D eigenvalue weighted by atomic mass is 16.6. The second-order valence-electron chi connectivity index (χ2n) is 9.33. The lowest BCUT2D eigenvalue weighted by Crippen LogP contribution is -2.44. The third-order valence-electron chi connectivity index (χ3n) is 6.21. The SMILES string of the molecule is CC(C)(C)OC(=O)N1CCC(Oc2cccc3c2C2(CC3)CC2C(=O)O)CC1. The number of carbonyl (C=O) groups is 2. The predicted octanol–water partition coefficient (Wildman–Crippen LogP) is 3.75. The van der Waals surface area contributed by atoms with E-state index in [-0.39, 0.29) is 23.5 Å². The Morgan fingerprint density at radius 3 is 2.54 bits per heavy atom. The fourth-order valence-corrected chi connectivity index (χ4v) is 4.77. The minimum Gasteiger partial charge on any atom is -0.490 e. The van der Waals surface area contributed by atoms with E-state index in [1.807, 2.05) is 32.9 Å². The van der Waals surface area contributed by atoms with Crippen LogP contribution < -0.4 is 4.74 Å². The Balaban J connectivity index is 1.42. The van der Waals surface area contributed by atoms with E-state index in [0.29, 0.717) is 19.5 Å². The molecule has 1 saturated heterocycles. The van der Waals surface area contributed by atoms with Crippen LogP contribution in [-0.2, 0) is 21.4 Å². The van der Waals surface area contributed by atoms with Crippen molar-refractivity contribution in [2.24, 2.45) is 5.92 Å². The Morgan fingerprint density at radius 1 is 1.21 bits per heavy atom. The third-order valence-corrected chi connectivity index (χ3v) is 6.21. The summed E-state index contributed by atoms with van der Waals surface area (Å²) in [6, 6.07) is 6.07. The van der Waals surface area contributed by atoms with Crippen molar-refractivity contribution < 1.29 is 24.2 Å². The average molecular weight is 387 g/mol. The maximum absolute atomic E-state index is 12.2. The van der Waals surface area contributed by atoms with Crippen LogP contribution in [0.25, 0.3) is 0 Å². The summed E-state index contributed by atoms with van der Waals surface area (Å²) in [7, 11) is 0. The van der Waals surface area contributed by atoms with E-state index in [1.165, 1.54) is 5.56 Å². The lowest BCUT2D eigenvalue weighted by Gasteiger charge is -2.34. The summed E-state index contributed by atoms with van der Waals surface area (Å²) in [5.74, 6) is -0.143. The number of rotatable bonds is 3. The molecule has 152 valence electrons. The van der Waals surface area contributed by atoms with Gasteiger partial charge in [-0.05, 0) is 51.7 Å². The maximum Gasteiger partial charge on any atom is 0.410 e. The third kappa shape index (κ3) is 3.45. The first-order valence-electron chi connectivity index (χ1n) is 10.2. The largest absolute Gasteiger partial charge is 0.490 e. The number of amides is 1. The van der Waals surface area contributed by atoms with E-state index < -0.39 is 11.6 Å². The highest BCUT2D eigenvalue weighted by Gasteiger charge is 2.63. The van der Waals surface area contributed by atoms with E-state index in [2.05, 4.69) is 6.07 Å². The summed E-state index contributed by atoms with van der Waals surface area (Å²) < 4.78 is 11.8. The van der Waals surface area contributed by atoms with Gasteiger partial charge >= 0.3 is 12.1 Å². The molecular weight excluding hydrogens is 358 g/mol. The Labute approximate surface area is 165 Å². The van der Waals surface area contributed by atoms with Gasteiger partial charge in [-0.1, -0.05) is 12.1 Å². The minimum atomic E-state index is -0.701. The van der Waals surface area contributed by atoms with Gasteiger partial charge in [0.2, 0.25) is 0 Å². The molecule has 1 heterocycles. The number of ether oxygens (including phenoxy) is 2. The number of benzene rings is 1. The number of nitrogens with zero attached hydrogens (tertiary/aromatic N) is 1. The molecule has 1 N–H and O–H groups in total. The number of likely N-dealkylation sites (tertiary alicyclic amines) is 1. The van der Waals surface area contributed by atoms with Crippen LogP contribution in [0.4, 0.5) is 4.79 Å². The van der Waals surface area contributed by atoms with Crippen LogP contribution in [0.2, 0.25) is 0 Å². The lowest BCUT2D eigenvalue weighted by atomic mass is 9.94. The van der Waals surface area contributed by atoms with Gasteiger partial charge in [0, 0.05) is 36.9 Å². The van der Waals surface area contributed by atoms with Gasteiger partial charge in [0.25, 0.3) is 0 Å². The second-order valence-corrected chi connectivity index (χ2v) is 9.33. The zero-order valence-electron chi connectivity index (χ0n) is 16.9. The molecule has 3 aliphatic rings. The summed E-state index contributed by atoms with van der Waals surface area (Å²) in [6.07, 6.45) is 3.80. The molecule has 2 fully saturated rings. The summed E-state index contributed by atoms with van der Waals surface area (Å²) in [6.45, 7) is 6.83. The number of piperidine rings is 1. The van der Waals surface area contributed by atoms with Crippen molar-refractivity contribution in [2.45, 2.75) is 70.0 Å². The Morgan fingerprint density at radius 2 is 1.93 bits per heavy atom. The van der Waals surface area contributed by atoms with Crippen LogP contribution in [0.5, 0.6) is 5.75 Å². The van der Waals surface area contributed by atoms with Gasteiger partial charge in [0.15, 0.2) is 0 Å². The van der Waals surface area contributed by atoms with Gasteiger partial charge in [0.05, 0.1) is 5.92 Å². The normalized spacial score (nSPS) is 26.8. The van der Waals surface area contributed by atoms with Crippen molar-refractivity contribution in [1.29, 1.82) is 0 Å². The van der Waals surface area contributed by atoms with Crippen molar-refractivity contribution >= 4 is 12.1 Å². The van der Waals surface area contributed by atoms with Gasteiger partial charge < -0.3 is 19.5 Å². The molecule has 28 heavy (non-hydrogen) atoms. The maximum atomic E-state index is 12.2. The van der Waals surface area contributed by atoms with E-state index in [1.54, 1.807) is 4.90 Å². The van der Waals surface area contributed by atoms with Gasteiger partial charge in [-0.3, -0.25) is 4.79 Å². The Bertz CT molecular complexity index is 791. The van der Waals surface area contributed by atoms with E-state index in [0.717, 1.165) is 37.0 Å². The molecule has 0 radical (unpaired) electrons. The van der Waals surface area contributed by atoms with Crippen LogP contribution in [0.1, 0.15) is 57.6 Å². The molecule has 0 bridgehead atoms. The van der Waals surface area contributed by atoms with E-state index >= 15 is 0 Å². The number of carboxylic acid groups (broad SMARTS) is 1. The highest BCUT2D eigenvalue weighted by Crippen LogP contribution is 2.63. The Kier molecular flexibility index (Phi) is 4.55. The fourth-order valence-electron chi connectivity index (χ4n) is 4.77. The number of carboxylic acids is 1. The van der Waals surface area contributed by atoms with E-state index in [4.69, 9.17) is 9.47 Å². The number of fused-ring (bicyclic) bond motifs is 2. The van der Waals surface area contributed by atoms with Crippen molar-refractivity contribution in [3.63, 3.8) is 0 Å². The van der Waals surface area contributed by atoms with Crippen LogP contribution in [0.3, 0.4) is 0 Å². The van der Waals surface area contributed by atoms with Crippen LogP contribution in [0.15, 0.2) is 18.2 Å². The zero-order valence-corrected chi connectivity index (χ0v) is 16.9. The average Bonchev–Trinajstić information content (AvgIpc) is 3.23. The highest BCUT2D eigenvalue weighted by molar-refractivity contribution is 5.79. The van der Waals surface area contributed by atoms with Crippen LogP contribution >= 0.6 is 0 Å². The molecule has 1 aromatic rings. The summed E-state index contributed by atoms with van der Waals surface area (Å²) in [5.41, 5.74) is 1.63. The molecule has 1 saturated carbocycles. The lowest BCUT2D eigenvalue weighted by molar-refractivity contribution is -0.139. The molecule has 1 aromatic carbocycles. The van der Waals surface area contributed by atoms with Gasteiger partial charge in [0.1, 0.15) is 17.5 Å². The zero-order chi connectivity index (χ0) is 20.1. The van der Waals surface area contributed by atoms with Crippen LogP contribution in [0, 0.1) is 5.92 Å². The van der Waals surface area contributed by atoms with Crippen molar-refractivity contribution in [1.82, 2.24) is 4.90 Å². The predicted molar refractivity (Wildman–Crippen MR) is 104 cm³/mol. The first kappa shape index (κ1) is 19.1. The Hall–Kier alpha value is -2.24. The summed E-state index contributed by atoms with van der Waals surface area (Å²) in [4.78, 5) is 25.5. The first-order chi connectivity index (χ1) is 13.2. The summed E-state index contributed by atoms with van der Waals surface area (Å²) >= 11 is 0. The molecule has 6 nitrogen and oxygen atoms in total. The van der Waals surface area contributed by atoms with Crippen molar-refractivity contribution in [3.8, 4) is 5.75 Å². The molecule has 1 spiro atoms. The standard InChI is InChI=1S/C22H29NO5/c1-21(2,3)28-20(26)23-11-8-15(9-12-23)27-17-6-4-5-14-7-10-22(18(14)17)13-16(22)19(24)25/h4-6,15-16H,7-13H2,1-3H3,(H,24,25). The topological polar surface area (TPSA) is 76.1 Å². The smallest absolute Gasteiger partial charge is 0.410 e. The second kappa shape index (κ2) is 6.68. The molecule has 6 heteroatoms. The number of aryl methyl sites for hydroxylation is 1. The quantitative estimate of drug-likeness (QED) is 0.855. The van der Waals surface area contributed by atoms with Gasteiger partial charge in [-0.15, -0.1) is 0 Å². The number of hydrogen-bond acceptors (Lipinski definition) is 4. The molecular formula is C22H29NO5. The van der Waals surface area contributed by atoms with Crippen molar-refractivity contribution in [3.05, 3.63) is 29.3 Å². The van der Waals surface area contributed by atoms with Gasteiger partial charge in [-0.2, -0.15) is 0 Å². The molecule has 2 atom stereocenters. The number of hydrogen-bond donors (Lipinski definition) is 1. The molecule has 1 aliphatic heterocycles. The molecule has 4 rings (SSSR count). The van der Waals surface area contributed by atoms with E-state index in [9.17, 15) is 14.7 Å². The van der Waals surface area contributed by atoms with Crippen molar-refractivity contribution in [2.75, 3.05) is 13.1 Å². The number of aliphatic carboxylic acids is 1. The van der Waals surface area contributed by atoms with Crippen LogP contribution in [-0.4, -0.2) is 46.9 Å². The summed E-state index contributed by atoms with van der Waals surface area (Å²) in [5, 5.41) is 9.49. The monoisotopic (exact) mass is 387 g/mol. The number of carbonyl (C=O) groups excluding carboxylic acids is 1. The fraction of sp³-hybridized carbons (Fsp3) is 0.636. The minimum absolute atomic E-state index is 0.0323. The molecule has 1 amide bonds. The molecule has 0 aromatic heterocycles. The molecule has 2 aliphatic carbocycles. The first-order valence-corrected chi connectivity index (χ1v) is 10.2. The molecule has 2 unspecified atom stereocenters. The van der Waals surface area contributed by atoms with Gasteiger partial charge in [-0.25, -0.2) is 4.79 Å².